The van der Waals surface area contributed by atoms with Crippen molar-refractivity contribution in [2.45, 2.75) is 51.7 Å². The predicted molar refractivity (Wildman–Crippen MR) is 77.2 cm³/mol. The summed E-state index contributed by atoms with van der Waals surface area (Å²) in [6.45, 7) is 6.92. The Labute approximate surface area is 121 Å². The van der Waals surface area contributed by atoms with E-state index >= 15 is 0 Å². The van der Waals surface area contributed by atoms with Gasteiger partial charge < -0.3 is 20.7 Å². The van der Waals surface area contributed by atoms with Gasteiger partial charge in [-0.3, -0.25) is 4.79 Å². The van der Waals surface area contributed by atoms with Crippen molar-refractivity contribution in [3.05, 3.63) is 0 Å². The van der Waals surface area contributed by atoms with Crippen LogP contribution in [0, 0.1) is 5.92 Å². The molecular weight excluding hydrogens is 258 g/mol. The smallest absolute Gasteiger partial charge is 0.410 e. The first-order chi connectivity index (χ1) is 9.23. The first-order valence-electron chi connectivity index (χ1n) is 7.18. The number of nitrogens with two attached hydrogens (primary N) is 1. The van der Waals surface area contributed by atoms with Crippen LogP contribution < -0.4 is 11.1 Å². The molecule has 20 heavy (non-hydrogen) atoms. The number of carbonyl (C=O) groups excluding carboxylic acids is 2. The molecule has 0 bridgehead atoms. The molecule has 0 aromatic heterocycles. The normalized spacial score (nSPS) is 18.6. The molecule has 1 saturated heterocycles. The fourth-order valence-corrected chi connectivity index (χ4v) is 2.33. The first kappa shape index (κ1) is 16.8. The van der Waals surface area contributed by atoms with E-state index in [-0.39, 0.29) is 12.0 Å². The number of piperidine rings is 1. The fraction of sp³-hybridized carbons (Fsp3) is 0.857. The molecule has 2 amide bonds. The van der Waals surface area contributed by atoms with Gasteiger partial charge in [0.25, 0.3) is 0 Å². The number of nitrogens with one attached hydrogen (secondary N) is 1. The summed E-state index contributed by atoms with van der Waals surface area (Å²) >= 11 is 0. The number of nitrogens with zero attached hydrogens (tertiary/aromatic N) is 1. The zero-order chi connectivity index (χ0) is 15.3. The molecule has 0 saturated carbocycles. The number of hydrogen-bond donors (Lipinski definition) is 2. The molecule has 1 heterocycles. The summed E-state index contributed by atoms with van der Waals surface area (Å²) in [5.41, 5.74) is 5.36. The molecule has 1 fully saturated rings. The van der Waals surface area contributed by atoms with Gasteiger partial charge >= 0.3 is 6.09 Å². The summed E-state index contributed by atoms with van der Waals surface area (Å²) in [5.74, 6) is 0.264. The average molecular weight is 285 g/mol. The van der Waals surface area contributed by atoms with Crippen LogP contribution in [-0.2, 0) is 9.53 Å². The molecule has 1 aliphatic heterocycles. The minimum absolute atomic E-state index is 0.125. The van der Waals surface area contributed by atoms with Crippen molar-refractivity contribution in [1.29, 1.82) is 0 Å². The van der Waals surface area contributed by atoms with Crippen molar-refractivity contribution < 1.29 is 14.3 Å². The molecule has 0 aromatic rings. The van der Waals surface area contributed by atoms with Crippen LogP contribution in [-0.4, -0.2) is 48.7 Å². The standard InChI is InChI=1S/C14H27N3O3/c1-14(2,3)20-13(19)17-7-5-10(6-8-17)9-11(15)12(18)16-4/h10-11H,5-9,15H2,1-4H3,(H,16,18)/t11-/m1/s1. The molecule has 0 unspecified atom stereocenters. The van der Waals surface area contributed by atoms with Crippen molar-refractivity contribution in [3.8, 4) is 0 Å². The van der Waals surface area contributed by atoms with Gasteiger partial charge in [0.1, 0.15) is 5.60 Å². The third-order valence-electron chi connectivity index (χ3n) is 3.44. The van der Waals surface area contributed by atoms with Gasteiger partial charge in [0.05, 0.1) is 6.04 Å². The van der Waals surface area contributed by atoms with Gasteiger partial charge in [-0.1, -0.05) is 0 Å². The monoisotopic (exact) mass is 285 g/mol. The van der Waals surface area contributed by atoms with Gasteiger partial charge in [0.2, 0.25) is 5.91 Å². The fourth-order valence-electron chi connectivity index (χ4n) is 2.33. The summed E-state index contributed by atoms with van der Waals surface area (Å²) in [7, 11) is 1.59. The predicted octanol–water partition coefficient (Wildman–Crippen LogP) is 1.10. The molecule has 1 aliphatic rings. The number of hydrogen-bond acceptors (Lipinski definition) is 4. The van der Waals surface area contributed by atoms with Gasteiger partial charge in [-0.2, -0.15) is 0 Å². The first-order valence-corrected chi connectivity index (χ1v) is 7.18. The zero-order valence-corrected chi connectivity index (χ0v) is 12.9. The second-order valence-corrected chi connectivity index (χ2v) is 6.37. The molecule has 3 N–H and O–H groups in total. The molecule has 0 aromatic carbocycles. The third kappa shape index (κ3) is 5.36. The van der Waals surface area contributed by atoms with E-state index in [2.05, 4.69) is 5.32 Å². The van der Waals surface area contributed by atoms with Gasteiger partial charge in [-0.25, -0.2) is 4.79 Å². The minimum atomic E-state index is -0.463. The lowest BCUT2D eigenvalue weighted by Crippen LogP contribution is -2.44. The van der Waals surface area contributed by atoms with Crippen LogP contribution in [0.4, 0.5) is 4.79 Å². The zero-order valence-electron chi connectivity index (χ0n) is 12.9. The van der Waals surface area contributed by atoms with E-state index in [9.17, 15) is 9.59 Å². The number of amides is 2. The molecule has 0 spiro atoms. The third-order valence-corrected chi connectivity index (χ3v) is 3.44. The van der Waals surface area contributed by atoms with Crippen molar-refractivity contribution in [2.24, 2.45) is 11.7 Å². The molecule has 116 valence electrons. The highest BCUT2D eigenvalue weighted by Gasteiger charge is 2.28. The Morgan fingerprint density at radius 2 is 1.90 bits per heavy atom. The van der Waals surface area contributed by atoms with E-state index in [1.165, 1.54) is 0 Å². The summed E-state index contributed by atoms with van der Waals surface area (Å²) in [6.07, 6.45) is 2.14. The second kappa shape index (κ2) is 6.92. The summed E-state index contributed by atoms with van der Waals surface area (Å²) in [4.78, 5) is 25.0. The van der Waals surface area contributed by atoms with E-state index in [1.807, 2.05) is 20.8 Å². The topological polar surface area (TPSA) is 84.7 Å². The maximum Gasteiger partial charge on any atom is 0.410 e. The Hall–Kier alpha value is -1.30. The Bertz CT molecular complexity index is 344. The second-order valence-electron chi connectivity index (χ2n) is 6.37. The van der Waals surface area contributed by atoms with Crippen LogP contribution >= 0.6 is 0 Å². The number of carbonyl (C=O) groups is 2. The maximum atomic E-state index is 11.9. The lowest BCUT2D eigenvalue weighted by Gasteiger charge is -2.34. The Morgan fingerprint density at radius 3 is 2.35 bits per heavy atom. The summed E-state index contributed by atoms with van der Waals surface area (Å²) in [5, 5.41) is 2.56. The van der Waals surface area contributed by atoms with Crippen molar-refractivity contribution in [2.75, 3.05) is 20.1 Å². The van der Waals surface area contributed by atoms with E-state index in [0.717, 1.165) is 12.8 Å². The highest BCUT2D eigenvalue weighted by atomic mass is 16.6. The highest BCUT2D eigenvalue weighted by molar-refractivity contribution is 5.81. The van der Waals surface area contributed by atoms with Gasteiger partial charge in [0, 0.05) is 20.1 Å². The van der Waals surface area contributed by atoms with Crippen LogP contribution in [0.25, 0.3) is 0 Å². The summed E-state index contributed by atoms with van der Waals surface area (Å²) < 4.78 is 5.35. The molecule has 1 atom stereocenters. The van der Waals surface area contributed by atoms with Crippen LogP contribution in [0.1, 0.15) is 40.0 Å². The van der Waals surface area contributed by atoms with E-state index in [0.29, 0.717) is 25.4 Å². The van der Waals surface area contributed by atoms with Crippen LogP contribution in [0.2, 0.25) is 0 Å². The SMILES string of the molecule is CNC(=O)[C@H](N)CC1CCN(C(=O)OC(C)(C)C)CC1. The lowest BCUT2D eigenvalue weighted by atomic mass is 9.90. The molecule has 0 aliphatic carbocycles. The largest absolute Gasteiger partial charge is 0.444 e. The van der Waals surface area contributed by atoms with Crippen molar-refractivity contribution >= 4 is 12.0 Å². The van der Waals surface area contributed by atoms with Crippen LogP contribution in [0.3, 0.4) is 0 Å². The number of rotatable bonds is 3. The van der Waals surface area contributed by atoms with Crippen LogP contribution in [0.5, 0.6) is 0 Å². The Kier molecular flexibility index (Phi) is 5.80. The van der Waals surface area contributed by atoms with Gasteiger partial charge in [-0.15, -0.1) is 0 Å². The number of likely N-dealkylation sites (N-methyl/N-ethyl adjacent to an activating group) is 1. The highest BCUT2D eigenvalue weighted by Crippen LogP contribution is 2.23. The number of ether oxygens (including phenoxy) is 1. The van der Waals surface area contributed by atoms with Gasteiger partial charge in [-0.05, 0) is 46.0 Å². The quantitative estimate of drug-likeness (QED) is 0.813. The molecule has 6 heteroatoms. The van der Waals surface area contributed by atoms with Crippen molar-refractivity contribution in [1.82, 2.24) is 10.2 Å². The van der Waals surface area contributed by atoms with E-state index in [4.69, 9.17) is 10.5 Å². The molecule has 0 radical (unpaired) electrons. The van der Waals surface area contributed by atoms with Crippen LogP contribution in [0.15, 0.2) is 0 Å². The molecular formula is C14H27N3O3. The maximum absolute atomic E-state index is 11.9. The Morgan fingerprint density at radius 1 is 1.35 bits per heavy atom. The summed E-state index contributed by atoms with van der Waals surface area (Å²) in [6, 6.07) is -0.460. The Balaban J connectivity index is 2.36. The average Bonchev–Trinajstić information content (AvgIpc) is 2.36. The number of likely N-dealkylation sites (tertiary alicyclic amines) is 1. The van der Waals surface area contributed by atoms with Crippen molar-refractivity contribution in [3.63, 3.8) is 0 Å². The van der Waals surface area contributed by atoms with E-state index < -0.39 is 11.6 Å². The van der Waals surface area contributed by atoms with E-state index in [1.54, 1.807) is 11.9 Å². The van der Waals surface area contributed by atoms with Gasteiger partial charge in [0.15, 0.2) is 0 Å². The lowest BCUT2D eigenvalue weighted by molar-refractivity contribution is -0.122. The molecule has 1 rings (SSSR count). The minimum Gasteiger partial charge on any atom is -0.444 e. The molecule has 6 nitrogen and oxygen atoms in total.